The van der Waals surface area contributed by atoms with Crippen LogP contribution in [-0.2, 0) is 25.7 Å². The summed E-state index contributed by atoms with van der Waals surface area (Å²) >= 11 is 0. The van der Waals surface area contributed by atoms with Crippen LogP contribution in [0, 0.1) is 23.7 Å². The normalized spacial score (nSPS) is 10.4. The molecule has 0 aliphatic carbocycles. The van der Waals surface area contributed by atoms with E-state index in [1.54, 1.807) is 38.5 Å². The molecule has 4 rings (SSSR count). The van der Waals surface area contributed by atoms with Gasteiger partial charge in [0.05, 0.1) is 14.2 Å². The number of benzene rings is 4. The van der Waals surface area contributed by atoms with E-state index in [0.717, 1.165) is 49.0 Å². The second-order valence-corrected chi connectivity index (χ2v) is 13.4. The van der Waals surface area contributed by atoms with Crippen LogP contribution in [-0.4, -0.2) is 24.4 Å². The van der Waals surface area contributed by atoms with Gasteiger partial charge >= 0.3 is 0 Å². The van der Waals surface area contributed by atoms with Gasteiger partial charge in [-0.05, 0) is 120 Å². The molecule has 252 valence electrons. The standard InChI is InChI=1S/2C11H16O.2C10H14O/c2*1-9(2)8-10-4-6-11(12-3)7-5-10;2*1-8(2)7-9-3-5-10(11)6-4-9/h2*4-7,9H,8H2,1-3H3;2*3-6,8,11H,7H2,1-2H3. The second kappa shape index (κ2) is 22.6. The molecule has 0 atom stereocenters. The van der Waals surface area contributed by atoms with E-state index in [9.17, 15) is 0 Å². The van der Waals surface area contributed by atoms with E-state index < -0.39 is 0 Å². The summed E-state index contributed by atoms with van der Waals surface area (Å²) in [5.74, 6) is 5.36. The van der Waals surface area contributed by atoms with E-state index >= 15 is 0 Å². The van der Waals surface area contributed by atoms with Crippen molar-refractivity contribution in [2.45, 2.75) is 81.1 Å². The van der Waals surface area contributed by atoms with Crippen LogP contribution in [0.2, 0.25) is 0 Å². The van der Waals surface area contributed by atoms with Gasteiger partial charge in [0.15, 0.2) is 0 Å². The van der Waals surface area contributed by atoms with Gasteiger partial charge in [-0.3, -0.25) is 0 Å². The van der Waals surface area contributed by atoms with Gasteiger partial charge in [-0.25, -0.2) is 0 Å². The van der Waals surface area contributed by atoms with Crippen LogP contribution in [0.4, 0.5) is 0 Å². The lowest BCUT2D eigenvalue weighted by atomic mass is 10.0. The average molecular weight is 629 g/mol. The Balaban J connectivity index is 0.000000307. The fourth-order valence-corrected chi connectivity index (χ4v) is 4.67. The lowest BCUT2D eigenvalue weighted by Gasteiger charge is -2.05. The lowest BCUT2D eigenvalue weighted by Crippen LogP contribution is -1.93. The van der Waals surface area contributed by atoms with Gasteiger partial charge in [0.2, 0.25) is 0 Å². The van der Waals surface area contributed by atoms with Crippen LogP contribution in [0.25, 0.3) is 0 Å². The maximum atomic E-state index is 8.99. The minimum absolute atomic E-state index is 0.345. The highest BCUT2D eigenvalue weighted by atomic mass is 16.5. The van der Waals surface area contributed by atoms with Gasteiger partial charge in [0.25, 0.3) is 0 Å². The summed E-state index contributed by atoms with van der Waals surface area (Å²) in [6, 6.07) is 31.3. The van der Waals surface area contributed by atoms with Crippen LogP contribution >= 0.6 is 0 Å². The zero-order valence-electron chi connectivity index (χ0n) is 30.1. The van der Waals surface area contributed by atoms with Crippen LogP contribution in [0.1, 0.15) is 77.6 Å². The summed E-state index contributed by atoms with van der Waals surface area (Å²) in [4.78, 5) is 0. The molecule has 0 fully saturated rings. The molecule has 0 bridgehead atoms. The Morgan fingerprint density at radius 1 is 0.370 bits per heavy atom. The predicted molar refractivity (Wildman–Crippen MR) is 196 cm³/mol. The van der Waals surface area contributed by atoms with Crippen molar-refractivity contribution in [1.82, 2.24) is 0 Å². The number of rotatable bonds is 10. The number of hydrogen-bond donors (Lipinski definition) is 2. The highest BCUT2D eigenvalue weighted by Gasteiger charge is 1.99. The highest BCUT2D eigenvalue weighted by molar-refractivity contribution is 5.29. The molecule has 0 spiro atoms. The van der Waals surface area contributed by atoms with Crippen LogP contribution < -0.4 is 9.47 Å². The number of aromatic hydroxyl groups is 2. The topological polar surface area (TPSA) is 58.9 Å². The van der Waals surface area contributed by atoms with Gasteiger partial charge in [-0.15, -0.1) is 0 Å². The fourth-order valence-electron chi connectivity index (χ4n) is 4.67. The molecule has 4 nitrogen and oxygen atoms in total. The zero-order chi connectivity index (χ0) is 34.5. The van der Waals surface area contributed by atoms with E-state index in [-0.39, 0.29) is 0 Å². The van der Waals surface area contributed by atoms with E-state index in [1.807, 2.05) is 48.5 Å². The van der Waals surface area contributed by atoms with Gasteiger partial charge in [-0.1, -0.05) is 104 Å². The average Bonchev–Trinajstić information content (AvgIpc) is 3.00. The van der Waals surface area contributed by atoms with Gasteiger partial charge in [0.1, 0.15) is 23.0 Å². The molecule has 0 saturated carbocycles. The van der Waals surface area contributed by atoms with Crippen molar-refractivity contribution in [1.29, 1.82) is 0 Å². The Labute approximate surface area is 280 Å². The molecule has 0 heterocycles. The first-order valence-electron chi connectivity index (χ1n) is 16.6. The third kappa shape index (κ3) is 19.5. The van der Waals surface area contributed by atoms with E-state index in [4.69, 9.17) is 19.7 Å². The van der Waals surface area contributed by atoms with Crippen LogP contribution in [0.3, 0.4) is 0 Å². The molecule has 0 unspecified atom stereocenters. The van der Waals surface area contributed by atoms with Crippen molar-refractivity contribution in [3.63, 3.8) is 0 Å². The van der Waals surface area contributed by atoms with Crippen LogP contribution in [0.15, 0.2) is 97.1 Å². The van der Waals surface area contributed by atoms with Crippen molar-refractivity contribution in [3.8, 4) is 23.0 Å². The van der Waals surface area contributed by atoms with Crippen molar-refractivity contribution >= 4 is 0 Å². The van der Waals surface area contributed by atoms with E-state index in [2.05, 4.69) is 79.7 Å². The Hall–Kier alpha value is -3.92. The first-order valence-corrected chi connectivity index (χ1v) is 16.6. The molecule has 0 amide bonds. The predicted octanol–water partition coefficient (Wildman–Crippen LogP) is 11.0. The summed E-state index contributed by atoms with van der Waals surface area (Å²) in [6.07, 6.45) is 4.45. The molecule has 0 radical (unpaired) electrons. The van der Waals surface area contributed by atoms with Gasteiger partial charge in [-0.2, -0.15) is 0 Å². The summed E-state index contributed by atoms with van der Waals surface area (Å²) in [7, 11) is 3.38. The largest absolute Gasteiger partial charge is 0.508 e. The highest BCUT2D eigenvalue weighted by Crippen LogP contribution is 2.16. The second-order valence-electron chi connectivity index (χ2n) is 13.4. The van der Waals surface area contributed by atoms with E-state index in [1.165, 1.54) is 22.3 Å². The Kier molecular flexibility index (Phi) is 19.7. The molecule has 4 aromatic carbocycles. The first-order chi connectivity index (χ1) is 21.8. The number of phenolic OH excluding ortho intramolecular Hbond substituents is 2. The number of ether oxygens (including phenoxy) is 2. The number of hydrogen-bond acceptors (Lipinski definition) is 4. The molecule has 0 aromatic heterocycles. The summed E-state index contributed by atoms with van der Waals surface area (Å²) in [5, 5.41) is 18.0. The van der Waals surface area contributed by atoms with Crippen molar-refractivity contribution in [2.24, 2.45) is 23.7 Å². The third-order valence-corrected chi connectivity index (χ3v) is 6.77. The fraction of sp³-hybridized carbons (Fsp3) is 0.429. The summed E-state index contributed by atoms with van der Waals surface area (Å²) < 4.78 is 10.1. The first kappa shape index (κ1) is 40.1. The molecule has 2 N–H and O–H groups in total. The maximum absolute atomic E-state index is 8.99. The molecule has 46 heavy (non-hydrogen) atoms. The summed E-state index contributed by atoms with van der Waals surface area (Å²) in [5.41, 5.74) is 5.34. The molecule has 0 aliphatic rings. The minimum atomic E-state index is 0.345. The Morgan fingerprint density at radius 3 is 0.739 bits per heavy atom. The quantitative estimate of drug-likeness (QED) is 0.183. The lowest BCUT2D eigenvalue weighted by molar-refractivity contribution is 0.414. The molecular weight excluding hydrogens is 568 g/mol. The third-order valence-electron chi connectivity index (χ3n) is 6.77. The maximum Gasteiger partial charge on any atom is 0.118 e. The van der Waals surface area contributed by atoms with Crippen molar-refractivity contribution < 1.29 is 19.7 Å². The molecular formula is C42H60O4. The minimum Gasteiger partial charge on any atom is -0.508 e. The van der Waals surface area contributed by atoms with Gasteiger partial charge in [0, 0.05) is 0 Å². The Morgan fingerprint density at radius 2 is 0.565 bits per heavy atom. The Bertz CT molecular complexity index is 1180. The van der Waals surface area contributed by atoms with E-state index in [0.29, 0.717) is 23.3 Å². The zero-order valence-corrected chi connectivity index (χ0v) is 30.1. The molecule has 4 heteroatoms. The van der Waals surface area contributed by atoms with Crippen molar-refractivity contribution in [3.05, 3.63) is 119 Å². The number of methoxy groups -OCH3 is 2. The SMILES string of the molecule is CC(C)Cc1ccc(O)cc1.CC(C)Cc1ccc(O)cc1.COc1ccc(CC(C)C)cc1.COc1ccc(CC(C)C)cc1. The monoisotopic (exact) mass is 628 g/mol. The van der Waals surface area contributed by atoms with Crippen molar-refractivity contribution in [2.75, 3.05) is 14.2 Å². The molecule has 0 aliphatic heterocycles. The summed E-state index contributed by atoms with van der Waals surface area (Å²) in [6.45, 7) is 17.7. The molecule has 4 aromatic rings. The number of phenols is 2. The van der Waals surface area contributed by atoms with Gasteiger partial charge < -0.3 is 19.7 Å². The van der Waals surface area contributed by atoms with Crippen LogP contribution in [0.5, 0.6) is 23.0 Å². The smallest absolute Gasteiger partial charge is 0.118 e. The molecule has 0 saturated heterocycles.